The van der Waals surface area contributed by atoms with Gasteiger partial charge in [-0.25, -0.2) is 17.8 Å². The lowest BCUT2D eigenvalue weighted by atomic mass is 9.94. The van der Waals surface area contributed by atoms with Crippen LogP contribution in [0.25, 0.3) is 0 Å². The van der Waals surface area contributed by atoms with Crippen molar-refractivity contribution >= 4 is 27.3 Å². The van der Waals surface area contributed by atoms with Crippen molar-refractivity contribution in [1.82, 2.24) is 13.9 Å². The van der Waals surface area contributed by atoms with E-state index in [1.165, 1.54) is 29.0 Å². The highest BCUT2D eigenvalue weighted by Crippen LogP contribution is 2.33. The Bertz CT molecular complexity index is 1120. The Morgan fingerprint density at radius 3 is 2.59 bits per heavy atom. The van der Waals surface area contributed by atoms with Crippen LogP contribution >= 0.6 is 11.6 Å². The molecule has 1 N–H and O–H groups in total. The van der Waals surface area contributed by atoms with Crippen LogP contribution in [-0.2, 0) is 17.1 Å². The van der Waals surface area contributed by atoms with Crippen molar-refractivity contribution in [3.05, 3.63) is 77.5 Å². The van der Waals surface area contributed by atoms with Gasteiger partial charge in [0.15, 0.2) is 5.03 Å². The highest BCUT2D eigenvalue weighted by molar-refractivity contribution is 7.89. The van der Waals surface area contributed by atoms with Crippen molar-refractivity contribution in [3.8, 4) is 0 Å². The molecule has 2 heterocycles. The number of halogens is 2. The SMILES string of the molecule is Cn1cnc(S(=O)(=O)N2C[C@@H](Nc3cccc(Cl)c3)[C@H](c3ccc(F)cc3)C2)c1. The number of aromatic nitrogens is 2. The van der Waals surface area contributed by atoms with E-state index in [4.69, 9.17) is 11.6 Å². The van der Waals surface area contributed by atoms with Gasteiger partial charge in [0, 0.05) is 49.0 Å². The topological polar surface area (TPSA) is 67.2 Å². The van der Waals surface area contributed by atoms with E-state index in [2.05, 4.69) is 10.3 Å². The van der Waals surface area contributed by atoms with Crippen molar-refractivity contribution in [2.75, 3.05) is 18.4 Å². The molecule has 0 spiro atoms. The Morgan fingerprint density at radius 1 is 1.17 bits per heavy atom. The minimum absolute atomic E-state index is 0.0151. The third kappa shape index (κ3) is 4.14. The fourth-order valence-corrected chi connectivity index (χ4v) is 5.25. The van der Waals surface area contributed by atoms with Crippen molar-refractivity contribution in [3.63, 3.8) is 0 Å². The molecule has 6 nitrogen and oxygen atoms in total. The van der Waals surface area contributed by atoms with E-state index < -0.39 is 10.0 Å². The van der Waals surface area contributed by atoms with Gasteiger partial charge < -0.3 is 9.88 Å². The van der Waals surface area contributed by atoms with Crippen LogP contribution in [-0.4, -0.2) is 41.4 Å². The molecule has 1 saturated heterocycles. The van der Waals surface area contributed by atoms with Crippen molar-refractivity contribution in [1.29, 1.82) is 0 Å². The third-order valence-electron chi connectivity index (χ3n) is 5.05. The van der Waals surface area contributed by atoms with Crippen molar-refractivity contribution in [2.24, 2.45) is 7.05 Å². The summed E-state index contributed by atoms with van der Waals surface area (Å²) in [6, 6.07) is 13.2. The van der Waals surface area contributed by atoms with Gasteiger partial charge in [-0.2, -0.15) is 4.31 Å². The van der Waals surface area contributed by atoms with Crippen LogP contribution in [0.3, 0.4) is 0 Å². The summed E-state index contributed by atoms with van der Waals surface area (Å²) in [6.07, 6.45) is 2.95. The van der Waals surface area contributed by atoms with Gasteiger partial charge in [-0.05, 0) is 35.9 Å². The molecule has 4 rings (SSSR count). The van der Waals surface area contributed by atoms with Gasteiger partial charge >= 0.3 is 0 Å². The number of hydrogen-bond donors (Lipinski definition) is 1. The number of hydrogen-bond acceptors (Lipinski definition) is 4. The number of nitrogens with one attached hydrogen (secondary N) is 1. The zero-order valence-corrected chi connectivity index (χ0v) is 17.2. The Hall–Kier alpha value is -2.42. The number of rotatable bonds is 5. The Morgan fingerprint density at radius 2 is 1.93 bits per heavy atom. The smallest absolute Gasteiger partial charge is 0.262 e. The van der Waals surface area contributed by atoms with Crippen molar-refractivity contribution < 1.29 is 12.8 Å². The van der Waals surface area contributed by atoms with Crippen LogP contribution in [0, 0.1) is 5.82 Å². The van der Waals surface area contributed by atoms with Crippen LogP contribution < -0.4 is 5.32 Å². The largest absolute Gasteiger partial charge is 0.380 e. The standard InChI is InChI=1S/C20H20ClFN4O2S/c1-25-12-20(23-13-25)29(27,28)26-10-18(14-5-7-16(22)8-6-14)19(11-26)24-17-4-2-3-15(21)9-17/h2-9,12-13,18-19,24H,10-11H2,1H3/t18-,19+/m0/s1. The molecule has 0 radical (unpaired) electrons. The maximum atomic E-state index is 13.4. The van der Waals surface area contributed by atoms with Crippen LogP contribution in [0.15, 0.2) is 66.1 Å². The normalized spacial score (nSPS) is 20.1. The molecule has 0 saturated carbocycles. The summed E-state index contributed by atoms with van der Waals surface area (Å²) in [5.74, 6) is -0.489. The number of nitrogens with zero attached hydrogens (tertiary/aromatic N) is 3. The molecule has 152 valence electrons. The first-order chi connectivity index (χ1) is 13.8. The Balaban J connectivity index is 1.66. The molecule has 9 heteroatoms. The van der Waals surface area contributed by atoms with Gasteiger partial charge in [0.1, 0.15) is 5.82 Å². The quantitative estimate of drug-likeness (QED) is 0.667. The maximum Gasteiger partial charge on any atom is 0.262 e. The molecule has 29 heavy (non-hydrogen) atoms. The van der Waals surface area contributed by atoms with E-state index in [1.807, 2.05) is 12.1 Å². The van der Waals surface area contributed by atoms with E-state index >= 15 is 0 Å². The molecular weight excluding hydrogens is 415 g/mol. The van der Waals surface area contributed by atoms with Crippen LogP contribution in [0.4, 0.5) is 10.1 Å². The average molecular weight is 435 g/mol. The number of aryl methyl sites for hydroxylation is 1. The van der Waals surface area contributed by atoms with E-state index in [0.29, 0.717) is 5.02 Å². The molecule has 3 aromatic rings. The zero-order valence-electron chi connectivity index (χ0n) is 15.7. The molecule has 1 fully saturated rings. The molecule has 0 unspecified atom stereocenters. The summed E-state index contributed by atoms with van der Waals surface area (Å²) in [5, 5.41) is 4.00. The lowest BCUT2D eigenvalue weighted by Crippen LogP contribution is -2.32. The first kappa shape index (κ1) is 19.9. The van der Waals surface area contributed by atoms with E-state index in [9.17, 15) is 12.8 Å². The minimum atomic E-state index is -3.74. The lowest BCUT2D eigenvalue weighted by molar-refractivity contribution is 0.468. The number of imidazole rings is 1. The van der Waals surface area contributed by atoms with Gasteiger partial charge in [0.05, 0.1) is 6.33 Å². The summed E-state index contributed by atoms with van der Waals surface area (Å²) in [6.45, 7) is 0.524. The van der Waals surface area contributed by atoms with Gasteiger partial charge in [0.25, 0.3) is 10.0 Å². The molecule has 1 aliphatic heterocycles. The zero-order chi connectivity index (χ0) is 20.6. The first-order valence-electron chi connectivity index (χ1n) is 9.08. The molecule has 0 bridgehead atoms. The van der Waals surface area contributed by atoms with Crippen LogP contribution in [0.2, 0.25) is 5.02 Å². The highest BCUT2D eigenvalue weighted by atomic mass is 35.5. The number of anilines is 1. The van der Waals surface area contributed by atoms with Gasteiger partial charge in [-0.3, -0.25) is 0 Å². The predicted molar refractivity (Wildman–Crippen MR) is 110 cm³/mol. The molecule has 2 atom stereocenters. The summed E-state index contributed by atoms with van der Waals surface area (Å²) in [7, 11) is -2.02. The monoisotopic (exact) mass is 434 g/mol. The summed E-state index contributed by atoms with van der Waals surface area (Å²) in [4.78, 5) is 4.01. The molecule has 1 aliphatic rings. The summed E-state index contributed by atoms with van der Waals surface area (Å²) < 4.78 is 42.6. The predicted octanol–water partition coefficient (Wildman–Crippen LogP) is 3.48. The fourth-order valence-electron chi connectivity index (χ4n) is 3.60. The highest BCUT2D eigenvalue weighted by Gasteiger charge is 2.41. The molecule has 2 aromatic carbocycles. The molecule has 0 aliphatic carbocycles. The molecule has 1 aromatic heterocycles. The van der Waals surface area contributed by atoms with Gasteiger partial charge in [0.2, 0.25) is 0 Å². The first-order valence-corrected chi connectivity index (χ1v) is 10.9. The van der Waals surface area contributed by atoms with Gasteiger partial charge in [-0.15, -0.1) is 0 Å². The fraction of sp³-hybridized carbons (Fsp3) is 0.250. The average Bonchev–Trinajstić information content (AvgIpc) is 3.30. The second-order valence-electron chi connectivity index (χ2n) is 7.12. The second-order valence-corrected chi connectivity index (χ2v) is 9.44. The van der Waals surface area contributed by atoms with Crippen LogP contribution in [0.1, 0.15) is 11.5 Å². The van der Waals surface area contributed by atoms with Crippen LogP contribution in [0.5, 0.6) is 0 Å². The molecule has 0 amide bonds. The summed E-state index contributed by atoms with van der Waals surface area (Å²) >= 11 is 6.09. The second kappa shape index (κ2) is 7.78. The maximum absolute atomic E-state index is 13.4. The van der Waals surface area contributed by atoms with Gasteiger partial charge in [-0.1, -0.05) is 29.8 Å². The van der Waals surface area contributed by atoms with E-state index in [0.717, 1.165) is 11.3 Å². The Kier molecular flexibility index (Phi) is 5.33. The number of benzene rings is 2. The van der Waals surface area contributed by atoms with Crippen molar-refractivity contribution in [2.45, 2.75) is 17.0 Å². The third-order valence-corrected chi connectivity index (χ3v) is 7.00. The minimum Gasteiger partial charge on any atom is -0.380 e. The Labute approximate surface area is 174 Å². The lowest BCUT2D eigenvalue weighted by Gasteiger charge is -2.21. The van der Waals surface area contributed by atoms with E-state index in [1.54, 1.807) is 35.9 Å². The number of sulfonamides is 1. The van der Waals surface area contributed by atoms with E-state index in [-0.39, 0.29) is 35.9 Å². The summed E-state index contributed by atoms with van der Waals surface area (Å²) in [5.41, 5.74) is 1.66. The molecular formula is C20H20ClFN4O2S.